The number of halogens is 2. The number of hydrogen-bond donors (Lipinski definition) is 0. The largest absolute Gasteiger partial charge is 0.462 e. The highest BCUT2D eigenvalue weighted by atomic mass is 79.9. The van der Waals surface area contributed by atoms with Gasteiger partial charge in [-0.05, 0) is 30.7 Å². The number of nitrogens with zero attached hydrogens (tertiary/aromatic N) is 1. The third-order valence-corrected chi connectivity index (χ3v) is 4.07. The summed E-state index contributed by atoms with van der Waals surface area (Å²) in [5.74, 6) is -1.91. The average Bonchev–Trinajstić information content (AvgIpc) is 2.62. The highest BCUT2D eigenvalue weighted by Crippen LogP contribution is 2.24. The van der Waals surface area contributed by atoms with E-state index in [1.165, 1.54) is 0 Å². The zero-order valence-corrected chi connectivity index (χ0v) is 15.4. The number of carbonyl (C=O) groups excluding carboxylic acids is 2. The Kier molecular flexibility index (Phi) is 7.33. The zero-order valence-electron chi connectivity index (χ0n) is 13.8. The predicted molar refractivity (Wildman–Crippen MR) is 95.3 cm³/mol. The van der Waals surface area contributed by atoms with E-state index in [4.69, 9.17) is 9.47 Å². The van der Waals surface area contributed by atoms with Crippen molar-refractivity contribution < 1.29 is 23.5 Å². The summed E-state index contributed by atoms with van der Waals surface area (Å²) in [5.41, 5.74) is 0.169. The van der Waals surface area contributed by atoms with Crippen LogP contribution in [-0.4, -0.2) is 49.7 Å². The van der Waals surface area contributed by atoms with Crippen molar-refractivity contribution in [2.24, 2.45) is 0 Å². The third kappa shape index (κ3) is 5.51. The topological polar surface area (TPSA) is 55.8 Å². The highest BCUT2D eigenvalue weighted by molar-refractivity contribution is 9.10. The molecule has 25 heavy (non-hydrogen) atoms. The Bertz CT molecular complexity index is 679. The van der Waals surface area contributed by atoms with E-state index in [9.17, 15) is 14.0 Å². The molecule has 7 heteroatoms. The molecule has 1 aliphatic rings. The summed E-state index contributed by atoms with van der Waals surface area (Å²) in [4.78, 5) is 25.8. The molecule has 1 aliphatic heterocycles. The second-order valence-corrected chi connectivity index (χ2v) is 6.14. The zero-order chi connectivity index (χ0) is 18.2. The molecule has 0 radical (unpaired) electrons. The van der Waals surface area contributed by atoms with Crippen molar-refractivity contribution in [2.45, 2.75) is 6.92 Å². The SMILES string of the molecule is CCOC(=O)/C(=C(F)\C=C\C(=O)N1CCOCC1)c1ccc(Br)cc1. The lowest BCUT2D eigenvalue weighted by Gasteiger charge is -2.25. The van der Waals surface area contributed by atoms with E-state index < -0.39 is 11.8 Å². The predicted octanol–water partition coefficient (Wildman–Crippen LogP) is 3.11. The molecule has 0 aromatic heterocycles. The van der Waals surface area contributed by atoms with Crippen LogP contribution < -0.4 is 0 Å². The summed E-state index contributed by atoms with van der Waals surface area (Å²) >= 11 is 3.29. The van der Waals surface area contributed by atoms with Crippen molar-refractivity contribution in [3.63, 3.8) is 0 Å². The fourth-order valence-electron chi connectivity index (χ4n) is 2.29. The first kappa shape index (κ1) is 19.3. The van der Waals surface area contributed by atoms with Gasteiger partial charge in [0.15, 0.2) is 0 Å². The molecule has 1 amide bonds. The molecular formula is C18H19BrFNO4. The first-order chi connectivity index (χ1) is 12.0. The van der Waals surface area contributed by atoms with Crippen molar-refractivity contribution in [3.8, 4) is 0 Å². The van der Waals surface area contributed by atoms with Gasteiger partial charge in [0.05, 0.1) is 19.8 Å². The lowest BCUT2D eigenvalue weighted by molar-refractivity contribution is -0.136. The van der Waals surface area contributed by atoms with Gasteiger partial charge in [0, 0.05) is 23.6 Å². The van der Waals surface area contributed by atoms with Crippen LogP contribution in [0.3, 0.4) is 0 Å². The minimum Gasteiger partial charge on any atom is -0.462 e. The fourth-order valence-corrected chi connectivity index (χ4v) is 2.55. The molecule has 0 bridgehead atoms. The van der Waals surface area contributed by atoms with Crippen molar-refractivity contribution >= 4 is 33.4 Å². The number of hydrogen-bond acceptors (Lipinski definition) is 4. The van der Waals surface area contributed by atoms with Gasteiger partial charge in [-0.3, -0.25) is 4.79 Å². The van der Waals surface area contributed by atoms with E-state index in [1.54, 1.807) is 36.1 Å². The minimum atomic E-state index is -0.817. The first-order valence-corrected chi connectivity index (χ1v) is 8.69. The van der Waals surface area contributed by atoms with Gasteiger partial charge in [-0.1, -0.05) is 28.1 Å². The molecule has 5 nitrogen and oxygen atoms in total. The molecule has 0 spiro atoms. The van der Waals surface area contributed by atoms with Gasteiger partial charge < -0.3 is 14.4 Å². The van der Waals surface area contributed by atoms with Gasteiger partial charge in [0.25, 0.3) is 0 Å². The molecule has 0 N–H and O–H groups in total. The Balaban J connectivity index is 2.26. The summed E-state index contributed by atoms with van der Waals surface area (Å²) in [6, 6.07) is 6.61. The second kappa shape index (κ2) is 9.48. The molecule has 1 heterocycles. The van der Waals surface area contributed by atoms with Crippen molar-refractivity contribution in [1.29, 1.82) is 0 Å². The molecule has 1 fully saturated rings. The number of amides is 1. The number of allylic oxidation sites excluding steroid dienone is 2. The average molecular weight is 412 g/mol. The quantitative estimate of drug-likeness (QED) is 0.424. The smallest absolute Gasteiger partial charge is 0.341 e. The standard InChI is InChI=1S/C18H19BrFNO4/c1-2-25-18(23)17(13-3-5-14(19)6-4-13)15(20)7-8-16(22)21-9-11-24-12-10-21/h3-8H,2,9-12H2,1H3/b8-7+,17-15+. The molecule has 1 aromatic rings. The summed E-state index contributed by atoms with van der Waals surface area (Å²) in [5, 5.41) is 0. The van der Waals surface area contributed by atoms with Crippen LogP contribution in [0.1, 0.15) is 12.5 Å². The number of carbonyl (C=O) groups is 2. The van der Waals surface area contributed by atoms with E-state index in [-0.39, 0.29) is 18.1 Å². The van der Waals surface area contributed by atoms with Crippen molar-refractivity contribution in [1.82, 2.24) is 4.90 Å². The normalized spacial score (nSPS) is 15.9. The number of ether oxygens (including phenoxy) is 2. The molecule has 134 valence electrons. The highest BCUT2D eigenvalue weighted by Gasteiger charge is 2.19. The third-order valence-electron chi connectivity index (χ3n) is 3.55. The molecule has 0 unspecified atom stereocenters. The lowest BCUT2D eigenvalue weighted by atomic mass is 10.0. The van der Waals surface area contributed by atoms with Crippen molar-refractivity contribution in [2.75, 3.05) is 32.9 Å². The van der Waals surface area contributed by atoms with Crippen LogP contribution in [0.25, 0.3) is 5.57 Å². The van der Waals surface area contributed by atoms with Crippen LogP contribution in [0.15, 0.2) is 46.7 Å². The van der Waals surface area contributed by atoms with E-state index >= 15 is 0 Å². The Hall–Kier alpha value is -1.99. The summed E-state index contributed by atoms with van der Waals surface area (Å²) in [6.45, 7) is 3.63. The van der Waals surface area contributed by atoms with Gasteiger partial charge >= 0.3 is 5.97 Å². The summed E-state index contributed by atoms with van der Waals surface area (Å²) < 4.78 is 25.6. The first-order valence-electron chi connectivity index (χ1n) is 7.90. The number of morpholine rings is 1. The molecule has 1 aromatic carbocycles. The van der Waals surface area contributed by atoms with Crippen LogP contribution in [-0.2, 0) is 19.1 Å². The van der Waals surface area contributed by atoms with Gasteiger partial charge in [0.1, 0.15) is 11.4 Å². The summed E-state index contributed by atoms with van der Waals surface area (Å²) in [6.07, 6.45) is 2.13. The molecule has 0 aliphatic carbocycles. The van der Waals surface area contributed by atoms with E-state index in [0.29, 0.717) is 31.9 Å². The molecule has 0 saturated carbocycles. The molecule has 1 saturated heterocycles. The molecule has 2 rings (SSSR count). The van der Waals surface area contributed by atoms with Gasteiger partial charge in [-0.25, -0.2) is 9.18 Å². The van der Waals surface area contributed by atoms with Crippen LogP contribution >= 0.6 is 15.9 Å². The Morgan fingerprint density at radius 2 is 1.88 bits per heavy atom. The maximum atomic E-state index is 14.6. The van der Waals surface area contributed by atoms with Crippen LogP contribution in [0.2, 0.25) is 0 Å². The second-order valence-electron chi connectivity index (χ2n) is 5.22. The van der Waals surface area contributed by atoms with E-state index in [0.717, 1.165) is 16.6 Å². The van der Waals surface area contributed by atoms with Crippen LogP contribution in [0.4, 0.5) is 4.39 Å². The Morgan fingerprint density at radius 1 is 1.24 bits per heavy atom. The van der Waals surface area contributed by atoms with Gasteiger partial charge in [-0.15, -0.1) is 0 Å². The lowest BCUT2D eigenvalue weighted by Crippen LogP contribution is -2.39. The van der Waals surface area contributed by atoms with Crippen LogP contribution in [0, 0.1) is 0 Å². The molecular weight excluding hydrogens is 393 g/mol. The maximum absolute atomic E-state index is 14.6. The Morgan fingerprint density at radius 3 is 2.48 bits per heavy atom. The maximum Gasteiger partial charge on any atom is 0.341 e. The van der Waals surface area contributed by atoms with E-state index in [1.807, 2.05) is 0 Å². The summed E-state index contributed by atoms with van der Waals surface area (Å²) in [7, 11) is 0. The minimum absolute atomic E-state index is 0.128. The van der Waals surface area contributed by atoms with Gasteiger partial charge in [0.2, 0.25) is 5.91 Å². The Labute approximate surface area is 154 Å². The number of benzene rings is 1. The van der Waals surface area contributed by atoms with Crippen LogP contribution in [0.5, 0.6) is 0 Å². The monoisotopic (exact) mass is 411 g/mol. The number of esters is 1. The fraction of sp³-hybridized carbons (Fsp3) is 0.333. The number of rotatable bonds is 5. The molecule has 0 atom stereocenters. The van der Waals surface area contributed by atoms with Gasteiger partial charge in [-0.2, -0.15) is 0 Å². The van der Waals surface area contributed by atoms with Crippen molar-refractivity contribution in [3.05, 3.63) is 52.3 Å². The van der Waals surface area contributed by atoms with E-state index in [2.05, 4.69) is 15.9 Å².